The van der Waals surface area contributed by atoms with Gasteiger partial charge >= 0.3 is 5.69 Å². The summed E-state index contributed by atoms with van der Waals surface area (Å²) in [5.41, 5.74) is -0.704. The molecule has 0 atom stereocenters. The van der Waals surface area contributed by atoms with Crippen molar-refractivity contribution < 1.29 is 18.4 Å². The Morgan fingerprint density at radius 3 is 2.52 bits per heavy atom. The van der Waals surface area contributed by atoms with Crippen molar-refractivity contribution >= 4 is 33.5 Å². The number of hydrogen-bond acceptors (Lipinski definition) is 6. The number of aromatic hydroxyl groups is 1. The molecule has 0 saturated heterocycles. The van der Waals surface area contributed by atoms with Gasteiger partial charge in [-0.3, -0.25) is 10.1 Å². The topological polar surface area (TPSA) is 122 Å². The fourth-order valence-corrected chi connectivity index (χ4v) is 2.69. The average molecular weight is 356 g/mol. The largest absolute Gasteiger partial charge is 0.502 e. The Morgan fingerprint density at radius 1 is 1.26 bits per heavy atom. The molecule has 23 heavy (non-hydrogen) atoms. The molecule has 0 saturated carbocycles. The van der Waals surface area contributed by atoms with Crippen LogP contribution in [0.25, 0.3) is 0 Å². The van der Waals surface area contributed by atoms with E-state index < -0.39 is 26.4 Å². The van der Waals surface area contributed by atoms with E-state index in [0.29, 0.717) is 0 Å². The molecule has 2 rings (SSSR count). The standard InChI is InChI=1S/C13H10ClN3O5S/c14-10-6-9(13(18)12(7-10)17(19)20)8-15-16-23(21,22)11-4-2-1-3-5-11/h1-8,16,18H/b15-8+. The highest BCUT2D eigenvalue weighted by molar-refractivity contribution is 7.89. The number of phenolic OH excluding ortho intramolecular Hbond substituents is 1. The van der Waals surface area contributed by atoms with Gasteiger partial charge in [0, 0.05) is 16.7 Å². The lowest BCUT2D eigenvalue weighted by Crippen LogP contribution is -2.18. The van der Waals surface area contributed by atoms with Crippen LogP contribution < -0.4 is 4.83 Å². The molecule has 8 nitrogen and oxygen atoms in total. The normalized spacial score (nSPS) is 11.5. The number of rotatable bonds is 5. The van der Waals surface area contributed by atoms with Gasteiger partial charge in [-0.25, -0.2) is 4.83 Å². The highest BCUT2D eigenvalue weighted by Crippen LogP contribution is 2.32. The number of nitro benzene ring substituents is 1. The van der Waals surface area contributed by atoms with E-state index in [4.69, 9.17) is 11.6 Å². The molecule has 0 unspecified atom stereocenters. The van der Waals surface area contributed by atoms with Crippen molar-refractivity contribution in [1.29, 1.82) is 0 Å². The van der Waals surface area contributed by atoms with Gasteiger partial charge in [0.15, 0.2) is 0 Å². The fourth-order valence-electron chi connectivity index (χ4n) is 1.66. The molecule has 10 heteroatoms. The van der Waals surface area contributed by atoms with Crippen molar-refractivity contribution in [2.24, 2.45) is 5.10 Å². The van der Waals surface area contributed by atoms with Crippen LogP contribution in [-0.2, 0) is 10.0 Å². The number of nitrogens with zero attached hydrogens (tertiary/aromatic N) is 2. The highest BCUT2D eigenvalue weighted by Gasteiger charge is 2.18. The van der Waals surface area contributed by atoms with E-state index in [1.807, 2.05) is 4.83 Å². The van der Waals surface area contributed by atoms with Crippen LogP contribution in [0.3, 0.4) is 0 Å². The molecule has 0 radical (unpaired) electrons. The molecular formula is C13H10ClN3O5S. The second-order valence-electron chi connectivity index (χ2n) is 4.29. The van der Waals surface area contributed by atoms with Crippen LogP contribution in [0.5, 0.6) is 5.75 Å². The van der Waals surface area contributed by atoms with Gasteiger partial charge < -0.3 is 5.11 Å². The van der Waals surface area contributed by atoms with E-state index in [1.165, 1.54) is 18.2 Å². The third-order valence-electron chi connectivity index (χ3n) is 2.71. The molecule has 0 aliphatic heterocycles. The zero-order valence-corrected chi connectivity index (χ0v) is 13.0. The van der Waals surface area contributed by atoms with Crippen molar-refractivity contribution in [3.05, 3.63) is 63.2 Å². The van der Waals surface area contributed by atoms with Gasteiger partial charge in [-0.2, -0.15) is 13.5 Å². The molecule has 0 fully saturated rings. The molecular weight excluding hydrogens is 346 g/mol. The maximum atomic E-state index is 11.9. The van der Waals surface area contributed by atoms with Crippen LogP contribution >= 0.6 is 11.6 Å². The Balaban J connectivity index is 2.27. The summed E-state index contributed by atoms with van der Waals surface area (Å²) < 4.78 is 23.9. The Hall–Kier alpha value is -2.65. The average Bonchev–Trinajstić information content (AvgIpc) is 2.51. The van der Waals surface area contributed by atoms with Crippen molar-refractivity contribution in [2.75, 3.05) is 0 Å². The molecule has 0 amide bonds. The first-order valence-electron chi connectivity index (χ1n) is 6.08. The van der Waals surface area contributed by atoms with Crippen molar-refractivity contribution in [3.8, 4) is 5.75 Å². The van der Waals surface area contributed by atoms with Gasteiger partial charge in [0.1, 0.15) is 0 Å². The molecule has 0 bridgehead atoms. The molecule has 0 heterocycles. The van der Waals surface area contributed by atoms with E-state index in [9.17, 15) is 23.6 Å². The second-order valence-corrected chi connectivity index (χ2v) is 6.38. The van der Waals surface area contributed by atoms with Gasteiger partial charge in [0.25, 0.3) is 10.0 Å². The van der Waals surface area contributed by atoms with Gasteiger partial charge in [-0.05, 0) is 18.2 Å². The summed E-state index contributed by atoms with van der Waals surface area (Å²) in [6.45, 7) is 0. The molecule has 2 aromatic rings. The zero-order chi connectivity index (χ0) is 17.0. The summed E-state index contributed by atoms with van der Waals surface area (Å²) in [6.07, 6.45) is 0.925. The molecule has 2 N–H and O–H groups in total. The first-order valence-corrected chi connectivity index (χ1v) is 7.94. The molecule has 2 aromatic carbocycles. The Kier molecular flexibility index (Phi) is 4.82. The van der Waals surface area contributed by atoms with Gasteiger partial charge in [0.05, 0.1) is 16.0 Å². The van der Waals surface area contributed by atoms with E-state index >= 15 is 0 Å². The van der Waals surface area contributed by atoms with Crippen molar-refractivity contribution in [2.45, 2.75) is 4.90 Å². The molecule has 0 aliphatic carbocycles. The molecule has 0 aromatic heterocycles. The quantitative estimate of drug-likeness (QED) is 0.484. The minimum atomic E-state index is -3.88. The minimum Gasteiger partial charge on any atom is -0.502 e. The molecule has 0 spiro atoms. The summed E-state index contributed by atoms with van der Waals surface area (Å²) in [7, 11) is -3.88. The van der Waals surface area contributed by atoms with E-state index in [-0.39, 0.29) is 15.5 Å². The number of phenols is 1. The summed E-state index contributed by atoms with van der Waals surface area (Å²) in [4.78, 5) is 11.9. The maximum absolute atomic E-state index is 11.9. The van der Waals surface area contributed by atoms with E-state index in [2.05, 4.69) is 5.10 Å². The maximum Gasteiger partial charge on any atom is 0.312 e. The number of nitrogens with one attached hydrogen (secondary N) is 1. The first kappa shape index (κ1) is 16.7. The predicted octanol–water partition coefficient (Wildman–Crippen LogP) is 2.27. The Morgan fingerprint density at radius 2 is 1.91 bits per heavy atom. The van der Waals surface area contributed by atoms with Gasteiger partial charge in [-0.1, -0.05) is 29.8 Å². The number of nitro groups is 1. The molecule has 120 valence electrons. The first-order chi connectivity index (χ1) is 10.8. The summed E-state index contributed by atoms with van der Waals surface area (Å²) in [5.74, 6) is -0.665. The Labute approximate surface area is 136 Å². The highest BCUT2D eigenvalue weighted by atomic mass is 35.5. The number of hydrazone groups is 1. The third-order valence-corrected chi connectivity index (χ3v) is 4.17. The monoisotopic (exact) mass is 355 g/mol. The second kappa shape index (κ2) is 6.63. The van der Waals surface area contributed by atoms with Crippen LogP contribution in [0.15, 0.2) is 52.5 Å². The van der Waals surface area contributed by atoms with Gasteiger partial charge in [0.2, 0.25) is 5.75 Å². The lowest BCUT2D eigenvalue weighted by Gasteiger charge is -2.04. The minimum absolute atomic E-state index is 0.00144. The van der Waals surface area contributed by atoms with Crippen LogP contribution in [0.2, 0.25) is 5.02 Å². The predicted molar refractivity (Wildman–Crippen MR) is 84.1 cm³/mol. The summed E-state index contributed by atoms with van der Waals surface area (Å²) in [5, 5.41) is 24.0. The Bertz CT molecular complexity index is 869. The van der Waals surface area contributed by atoms with Crippen LogP contribution in [0.4, 0.5) is 5.69 Å². The smallest absolute Gasteiger partial charge is 0.312 e. The number of benzene rings is 2. The fraction of sp³-hybridized carbons (Fsp3) is 0. The lowest BCUT2D eigenvalue weighted by atomic mass is 10.2. The van der Waals surface area contributed by atoms with Crippen LogP contribution in [-0.4, -0.2) is 24.7 Å². The third kappa shape index (κ3) is 3.96. The number of hydrogen-bond donors (Lipinski definition) is 2. The lowest BCUT2D eigenvalue weighted by molar-refractivity contribution is -0.385. The van der Waals surface area contributed by atoms with Crippen molar-refractivity contribution in [1.82, 2.24) is 4.83 Å². The SMILES string of the molecule is O=[N+]([O-])c1cc(Cl)cc(/C=N/NS(=O)(=O)c2ccccc2)c1O. The molecule has 0 aliphatic rings. The van der Waals surface area contributed by atoms with E-state index in [0.717, 1.165) is 12.3 Å². The van der Waals surface area contributed by atoms with Crippen LogP contribution in [0.1, 0.15) is 5.56 Å². The number of sulfonamides is 1. The zero-order valence-electron chi connectivity index (χ0n) is 11.4. The summed E-state index contributed by atoms with van der Waals surface area (Å²) >= 11 is 5.71. The summed E-state index contributed by atoms with van der Waals surface area (Å²) in [6, 6.07) is 9.69. The van der Waals surface area contributed by atoms with Crippen LogP contribution in [0, 0.1) is 10.1 Å². The number of halogens is 1. The van der Waals surface area contributed by atoms with E-state index in [1.54, 1.807) is 18.2 Å². The van der Waals surface area contributed by atoms with Gasteiger partial charge in [-0.15, -0.1) is 0 Å². The van der Waals surface area contributed by atoms with Crippen molar-refractivity contribution in [3.63, 3.8) is 0 Å².